The van der Waals surface area contributed by atoms with Gasteiger partial charge in [-0.25, -0.2) is 0 Å². The molecule has 1 aromatic heterocycles. The molecule has 0 radical (unpaired) electrons. The highest BCUT2D eigenvalue weighted by molar-refractivity contribution is 5.83. The van der Waals surface area contributed by atoms with Crippen LogP contribution in [-0.2, 0) is 6.54 Å². The number of nitrogens with zero attached hydrogens (tertiary/aromatic N) is 1. The number of aromatic nitrogens is 1. The Morgan fingerprint density at radius 2 is 1.52 bits per heavy atom. The van der Waals surface area contributed by atoms with E-state index < -0.39 is 0 Å². The number of hydrogen-bond acceptors (Lipinski definition) is 1. The molecule has 0 saturated heterocycles. The van der Waals surface area contributed by atoms with Gasteiger partial charge in [-0.1, -0.05) is 54.6 Å². The van der Waals surface area contributed by atoms with Crippen LogP contribution in [-0.4, -0.2) is 11.7 Å². The summed E-state index contributed by atoms with van der Waals surface area (Å²) in [6.45, 7) is 3.03. The van der Waals surface area contributed by atoms with Crippen LogP contribution in [0.3, 0.4) is 0 Å². The summed E-state index contributed by atoms with van der Waals surface area (Å²) in [6.07, 6.45) is 0. The van der Waals surface area contributed by atoms with E-state index in [1.165, 1.54) is 33.3 Å². The van der Waals surface area contributed by atoms with Gasteiger partial charge in [0.25, 0.3) is 0 Å². The number of ether oxygens (including phenoxy) is 1. The summed E-state index contributed by atoms with van der Waals surface area (Å²) in [5.41, 5.74) is 6.31. The van der Waals surface area contributed by atoms with E-state index in [1.54, 1.807) is 7.11 Å². The summed E-state index contributed by atoms with van der Waals surface area (Å²) in [5.74, 6) is 0.900. The second-order valence-corrected chi connectivity index (χ2v) is 6.36. The van der Waals surface area contributed by atoms with Crippen molar-refractivity contribution in [2.75, 3.05) is 7.11 Å². The third kappa shape index (κ3) is 3.03. The van der Waals surface area contributed by atoms with Gasteiger partial charge in [0.2, 0.25) is 0 Å². The van der Waals surface area contributed by atoms with Crippen LogP contribution in [0, 0.1) is 6.92 Å². The molecule has 0 saturated carbocycles. The van der Waals surface area contributed by atoms with Gasteiger partial charge in [0.1, 0.15) is 5.75 Å². The van der Waals surface area contributed by atoms with Crippen LogP contribution in [0.5, 0.6) is 5.75 Å². The van der Waals surface area contributed by atoms with Crippen molar-refractivity contribution in [3.8, 4) is 16.9 Å². The minimum absolute atomic E-state index is 0.872. The molecule has 2 nitrogen and oxygen atoms in total. The van der Waals surface area contributed by atoms with Gasteiger partial charge in [0.15, 0.2) is 0 Å². The Hall–Kier alpha value is -3.00. The average molecular weight is 327 g/mol. The number of rotatable bonds is 4. The Balaban J connectivity index is 1.64. The first-order valence-corrected chi connectivity index (χ1v) is 8.53. The predicted octanol–water partition coefficient (Wildman–Crippen LogP) is 5.67. The topological polar surface area (TPSA) is 14.2 Å². The van der Waals surface area contributed by atoms with Crippen molar-refractivity contribution in [2.24, 2.45) is 0 Å². The van der Waals surface area contributed by atoms with Gasteiger partial charge >= 0.3 is 0 Å². The van der Waals surface area contributed by atoms with Crippen LogP contribution in [0.25, 0.3) is 22.0 Å². The van der Waals surface area contributed by atoms with Crippen LogP contribution < -0.4 is 4.74 Å². The van der Waals surface area contributed by atoms with Gasteiger partial charge in [-0.2, -0.15) is 0 Å². The largest absolute Gasteiger partial charge is 0.497 e. The van der Waals surface area contributed by atoms with Crippen molar-refractivity contribution < 1.29 is 4.74 Å². The lowest BCUT2D eigenvalue weighted by molar-refractivity contribution is 0.415. The molecule has 0 fully saturated rings. The first-order valence-electron chi connectivity index (χ1n) is 8.53. The number of hydrogen-bond donors (Lipinski definition) is 0. The maximum Gasteiger partial charge on any atom is 0.119 e. The zero-order valence-electron chi connectivity index (χ0n) is 14.6. The highest BCUT2D eigenvalue weighted by Gasteiger charge is 2.07. The molecule has 1 heterocycles. The Bertz CT molecular complexity index is 998. The summed E-state index contributed by atoms with van der Waals surface area (Å²) >= 11 is 0. The second kappa shape index (κ2) is 6.48. The van der Waals surface area contributed by atoms with Crippen LogP contribution in [0.2, 0.25) is 0 Å². The lowest BCUT2D eigenvalue weighted by atomic mass is 10.0. The molecule has 4 aromatic rings. The molecule has 124 valence electrons. The molecule has 0 bridgehead atoms. The molecule has 0 aliphatic heterocycles. The van der Waals surface area contributed by atoms with E-state index in [0.29, 0.717) is 0 Å². The molecular weight excluding hydrogens is 306 g/mol. The molecule has 2 heteroatoms. The Morgan fingerprint density at radius 1 is 0.800 bits per heavy atom. The fraction of sp³-hybridized carbons (Fsp3) is 0.130. The first kappa shape index (κ1) is 15.5. The van der Waals surface area contributed by atoms with Crippen molar-refractivity contribution in [3.63, 3.8) is 0 Å². The molecule has 0 aliphatic rings. The first-order chi connectivity index (χ1) is 12.2. The van der Waals surface area contributed by atoms with E-state index in [2.05, 4.69) is 78.2 Å². The summed E-state index contributed by atoms with van der Waals surface area (Å²) in [5, 5.41) is 1.22. The third-order valence-corrected chi connectivity index (χ3v) is 4.72. The standard InChI is InChI=1S/C23H21NO/c1-17-14-21-15-22(25-2)12-13-23(21)24(17)16-18-8-10-20(11-9-18)19-6-4-3-5-7-19/h3-15H,16H2,1-2H3. The lowest BCUT2D eigenvalue weighted by Gasteiger charge is -2.10. The summed E-state index contributed by atoms with van der Waals surface area (Å²) in [7, 11) is 1.71. The molecule has 3 aromatic carbocycles. The lowest BCUT2D eigenvalue weighted by Crippen LogP contribution is -2.01. The van der Waals surface area contributed by atoms with Gasteiger partial charge in [0.05, 0.1) is 7.11 Å². The van der Waals surface area contributed by atoms with Crippen molar-refractivity contribution in [1.82, 2.24) is 4.57 Å². The maximum absolute atomic E-state index is 5.34. The molecule has 0 aliphatic carbocycles. The number of aryl methyl sites for hydroxylation is 1. The monoisotopic (exact) mass is 327 g/mol. The van der Waals surface area contributed by atoms with E-state index in [4.69, 9.17) is 4.74 Å². The minimum atomic E-state index is 0.872. The SMILES string of the molecule is COc1ccc2c(c1)cc(C)n2Cc1ccc(-c2ccccc2)cc1. The summed E-state index contributed by atoms with van der Waals surface area (Å²) in [4.78, 5) is 0. The molecule has 0 atom stereocenters. The fourth-order valence-corrected chi connectivity index (χ4v) is 3.34. The van der Waals surface area contributed by atoms with Gasteiger partial charge in [0, 0.05) is 23.1 Å². The highest BCUT2D eigenvalue weighted by Crippen LogP contribution is 2.26. The van der Waals surface area contributed by atoms with E-state index in [1.807, 2.05) is 12.1 Å². The zero-order valence-corrected chi connectivity index (χ0v) is 14.6. The van der Waals surface area contributed by atoms with Crippen molar-refractivity contribution in [2.45, 2.75) is 13.5 Å². The number of methoxy groups -OCH3 is 1. The predicted molar refractivity (Wildman–Crippen MR) is 104 cm³/mol. The summed E-state index contributed by atoms with van der Waals surface area (Å²) in [6, 6.07) is 27.8. The maximum atomic E-state index is 5.34. The summed E-state index contributed by atoms with van der Waals surface area (Å²) < 4.78 is 7.69. The molecule has 25 heavy (non-hydrogen) atoms. The van der Waals surface area contributed by atoms with E-state index in [0.717, 1.165) is 12.3 Å². The normalized spacial score (nSPS) is 11.0. The second-order valence-electron chi connectivity index (χ2n) is 6.36. The smallest absolute Gasteiger partial charge is 0.119 e. The van der Waals surface area contributed by atoms with Crippen molar-refractivity contribution >= 4 is 10.9 Å². The molecule has 0 N–H and O–H groups in total. The highest BCUT2D eigenvalue weighted by atomic mass is 16.5. The molecule has 0 unspecified atom stereocenters. The zero-order chi connectivity index (χ0) is 17.2. The van der Waals surface area contributed by atoms with Gasteiger partial charge < -0.3 is 9.30 Å². The van der Waals surface area contributed by atoms with Crippen LogP contribution in [0.4, 0.5) is 0 Å². The van der Waals surface area contributed by atoms with Crippen LogP contribution in [0.1, 0.15) is 11.3 Å². The van der Waals surface area contributed by atoms with E-state index >= 15 is 0 Å². The molecule has 0 amide bonds. The molecule has 4 rings (SSSR count). The van der Waals surface area contributed by atoms with Crippen LogP contribution >= 0.6 is 0 Å². The minimum Gasteiger partial charge on any atom is -0.497 e. The Kier molecular flexibility index (Phi) is 4.02. The van der Waals surface area contributed by atoms with Gasteiger partial charge in [-0.15, -0.1) is 0 Å². The molecule has 0 spiro atoms. The Labute approximate surface area is 148 Å². The number of benzene rings is 3. The van der Waals surface area contributed by atoms with E-state index in [9.17, 15) is 0 Å². The quantitative estimate of drug-likeness (QED) is 0.471. The average Bonchev–Trinajstić information content (AvgIpc) is 2.97. The van der Waals surface area contributed by atoms with Crippen molar-refractivity contribution in [1.29, 1.82) is 0 Å². The molecular formula is C23H21NO. The number of fused-ring (bicyclic) bond motifs is 1. The Morgan fingerprint density at radius 3 is 2.24 bits per heavy atom. The van der Waals surface area contributed by atoms with Crippen LogP contribution in [0.15, 0.2) is 78.9 Å². The third-order valence-electron chi connectivity index (χ3n) is 4.72. The van der Waals surface area contributed by atoms with E-state index in [-0.39, 0.29) is 0 Å². The van der Waals surface area contributed by atoms with Crippen molar-refractivity contribution in [3.05, 3.63) is 90.1 Å². The fourth-order valence-electron chi connectivity index (χ4n) is 3.34. The van der Waals surface area contributed by atoms with Gasteiger partial charge in [-0.05, 0) is 47.9 Å². The van der Waals surface area contributed by atoms with Gasteiger partial charge in [-0.3, -0.25) is 0 Å².